The second kappa shape index (κ2) is 8.41. The highest BCUT2D eigenvalue weighted by Gasteiger charge is 2.44. The van der Waals surface area contributed by atoms with Crippen molar-refractivity contribution in [3.63, 3.8) is 0 Å². The van der Waals surface area contributed by atoms with E-state index in [9.17, 15) is 4.79 Å². The van der Waals surface area contributed by atoms with E-state index >= 15 is 0 Å². The fourth-order valence-corrected chi connectivity index (χ4v) is 4.15. The van der Waals surface area contributed by atoms with Gasteiger partial charge in [0.1, 0.15) is 0 Å². The summed E-state index contributed by atoms with van der Waals surface area (Å²) in [6.07, 6.45) is 6.01. The Kier molecular flexibility index (Phi) is 7.39. The quantitative estimate of drug-likeness (QED) is 0.766. The van der Waals surface area contributed by atoms with Crippen LogP contribution in [0.5, 0.6) is 0 Å². The van der Waals surface area contributed by atoms with E-state index in [1.165, 1.54) is 19.3 Å². The minimum Gasteiger partial charge on any atom is -0.399 e. The number of piperazine rings is 1. The molecule has 1 saturated heterocycles. The molecule has 0 unspecified atom stereocenters. The zero-order valence-corrected chi connectivity index (χ0v) is 16.2. The van der Waals surface area contributed by atoms with Gasteiger partial charge in [-0.25, -0.2) is 0 Å². The molecule has 6 heteroatoms. The van der Waals surface area contributed by atoms with Crippen LogP contribution < -0.4 is 5.73 Å². The molecule has 2 N–H and O–H groups in total. The first kappa shape index (κ1) is 21.1. The van der Waals surface area contributed by atoms with Crippen molar-refractivity contribution in [2.75, 3.05) is 32.4 Å². The molecule has 0 aromatic heterocycles. The molecular formula is C18H29Cl2N3O. The van der Waals surface area contributed by atoms with E-state index in [0.717, 1.165) is 43.6 Å². The molecule has 0 bridgehead atoms. The molecule has 3 rings (SSSR count). The Morgan fingerprint density at radius 2 is 1.79 bits per heavy atom. The van der Waals surface area contributed by atoms with Crippen LogP contribution in [-0.2, 0) is 0 Å². The Hall–Kier alpha value is -0.970. The third kappa shape index (κ3) is 3.98. The number of nitrogen functional groups attached to an aromatic ring is 1. The number of amides is 1. The maximum Gasteiger partial charge on any atom is 0.254 e. The molecule has 1 aliphatic heterocycles. The van der Waals surface area contributed by atoms with Crippen molar-refractivity contribution in [2.24, 2.45) is 0 Å². The molecule has 2 fully saturated rings. The lowest BCUT2D eigenvalue weighted by Gasteiger charge is -2.52. The summed E-state index contributed by atoms with van der Waals surface area (Å²) < 4.78 is 0. The molecule has 2 aliphatic rings. The molecule has 1 aliphatic carbocycles. The van der Waals surface area contributed by atoms with Crippen molar-refractivity contribution in [3.05, 3.63) is 29.3 Å². The lowest BCUT2D eigenvalue weighted by molar-refractivity contribution is -0.00782. The molecular weight excluding hydrogens is 345 g/mol. The predicted octanol–water partition coefficient (Wildman–Crippen LogP) is 3.51. The fraction of sp³-hybridized carbons (Fsp3) is 0.611. The van der Waals surface area contributed by atoms with Gasteiger partial charge in [0.25, 0.3) is 5.91 Å². The molecule has 1 aromatic carbocycles. The number of hydrogen-bond acceptors (Lipinski definition) is 3. The number of nitrogens with two attached hydrogens (primary N) is 1. The van der Waals surface area contributed by atoms with E-state index in [2.05, 4.69) is 16.8 Å². The summed E-state index contributed by atoms with van der Waals surface area (Å²) in [6.45, 7) is 4.77. The van der Waals surface area contributed by atoms with Gasteiger partial charge in [-0.15, -0.1) is 24.8 Å². The molecule has 0 atom stereocenters. The minimum atomic E-state index is 0. The van der Waals surface area contributed by atoms with Crippen molar-refractivity contribution in [1.29, 1.82) is 0 Å². The van der Waals surface area contributed by atoms with Crippen molar-refractivity contribution < 1.29 is 4.79 Å². The fourth-order valence-electron chi connectivity index (χ4n) is 4.15. The lowest BCUT2D eigenvalue weighted by atomic mass is 9.78. The standard InChI is InChI=1S/C18H27N3O.2ClH/c1-14-6-7-15(19)12-16(14)17(22)21-11-10-20(2)13-18(21)8-4-3-5-9-18;;/h6-7,12H,3-5,8-11,13,19H2,1-2H3;2*1H. The van der Waals surface area contributed by atoms with Gasteiger partial charge >= 0.3 is 0 Å². The summed E-state index contributed by atoms with van der Waals surface area (Å²) in [5.41, 5.74) is 8.39. The van der Waals surface area contributed by atoms with E-state index in [-0.39, 0.29) is 36.3 Å². The number of halogens is 2. The zero-order chi connectivity index (χ0) is 15.7. The molecule has 24 heavy (non-hydrogen) atoms. The molecule has 1 amide bonds. The highest BCUT2D eigenvalue weighted by molar-refractivity contribution is 5.97. The maximum atomic E-state index is 13.2. The summed E-state index contributed by atoms with van der Waals surface area (Å²) >= 11 is 0. The van der Waals surface area contributed by atoms with E-state index in [4.69, 9.17) is 5.73 Å². The van der Waals surface area contributed by atoms with Gasteiger partial charge in [-0.2, -0.15) is 0 Å². The largest absolute Gasteiger partial charge is 0.399 e. The number of rotatable bonds is 1. The van der Waals surface area contributed by atoms with Gasteiger partial charge in [-0.3, -0.25) is 4.79 Å². The summed E-state index contributed by atoms with van der Waals surface area (Å²) in [5.74, 6) is 0.166. The Morgan fingerprint density at radius 3 is 2.46 bits per heavy atom. The third-order valence-corrected chi connectivity index (χ3v) is 5.36. The zero-order valence-electron chi connectivity index (χ0n) is 14.6. The van der Waals surface area contributed by atoms with Crippen LogP contribution in [-0.4, -0.2) is 47.9 Å². The number of carbonyl (C=O) groups is 1. The Morgan fingerprint density at radius 1 is 1.12 bits per heavy atom. The van der Waals surface area contributed by atoms with Crippen LogP contribution in [0.15, 0.2) is 18.2 Å². The number of likely N-dealkylation sites (N-methyl/N-ethyl adjacent to an activating group) is 1. The highest BCUT2D eigenvalue weighted by atomic mass is 35.5. The maximum absolute atomic E-state index is 13.2. The summed E-state index contributed by atoms with van der Waals surface area (Å²) in [7, 11) is 2.17. The number of nitrogens with zero attached hydrogens (tertiary/aromatic N) is 2. The average molecular weight is 374 g/mol. The second-order valence-electron chi connectivity index (χ2n) is 7.05. The number of benzene rings is 1. The Bertz CT molecular complexity index is 573. The van der Waals surface area contributed by atoms with Gasteiger partial charge in [0.15, 0.2) is 0 Å². The van der Waals surface area contributed by atoms with Crippen molar-refractivity contribution in [1.82, 2.24) is 9.80 Å². The first-order valence-electron chi connectivity index (χ1n) is 8.38. The van der Waals surface area contributed by atoms with Crippen LogP contribution in [0.1, 0.15) is 48.0 Å². The van der Waals surface area contributed by atoms with Crippen LogP contribution >= 0.6 is 24.8 Å². The van der Waals surface area contributed by atoms with Crippen molar-refractivity contribution >= 4 is 36.4 Å². The van der Waals surface area contributed by atoms with Crippen LogP contribution in [0.25, 0.3) is 0 Å². The number of carbonyl (C=O) groups excluding carboxylic acids is 1. The third-order valence-electron chi connectivity index (χ3n) is 5.36. The van der Waals surface area contributed by atoms with Gasteiger partial charge in [0.2, 0.25) is 0 Å². The highest BCUT2D eigenvalue weighted by Crippen LogP contribution is 2.37. The summed E-state index contributed by atoms with van der Waals surface area (Å²) in [6, 6.07) is 5.66. The number of hydrogen-bond donors (Lipinski definition) is 1. The first-order valence-corrected chi connectivity index (χ1v) is 8.38. The monoisotopic (exact) mass is 373 g/mol. The van der Waals surface area contributed by atoms with Gasteiger partial charge < -0.3 is 15.5 Å². The Labute approximate surface area is 157 Å². The van der Waals surface area contributed by atoms with Gasteiger partial charge in [0, 0.05) is 30.9 Å². The lowest BCUT2D eigenvalue weighted by Crippen LogP contribution is -2.63. The van der Waals surface area contributed by atoms with Gasteiger partial charge in [-0.05, 0) is 44.5 Å². The van der Waals surface area contributed by atoms with Crippen LogP contribution in [0.2, 0.25) is 0 Å². The van der Waals surface area contributed by atoms with E-state index in [1.807, 2.05) is 25.1 Å². The summed E-state index contributed by atoms with van der Waals surface area (Å²) in [4.78, 5) is 17.7. The predicted molar refractivity (Wildman–Crippen MR) is 104 cm³/mol. The minimum absolute atomic E-state index is 0. The van der Waals surface area contributed by atoms with Crippen LogP contribution in [0.4, 0.5) is 5.69 Å². The molecule has 0 radical (unpaired) electrons. The first-order chi connectivity index (χ1) is 10.5. The molecule has 1 heterocycles. The normalized spacial score (nSPS) is 20.2. The Balaban J connectivity index is 0.00000144. The second-order valence-corrected chi connectivity index (χ2v) is 7.05. The topological polar surface area (TPSA) is 49.6 Å². The molecule has 1 spiro atoms. The van der Waals surface area contributed by atoms with Gasteiger partial charge in [-0.1, -0.05) is 25.3 Å². The SMILES string of the molecule is Cc1ccc(N)cc1C(=O)N1CCN(C)CC12CCCCC2.Cl.Cl. The van der Waals surface area contributed by atoms with Gasteiger partial charge in [0.05, 0.1) is 5.54 Å². The van der Waals surface area contributed by atoms with Crippen LogP contribution in [0.3, 0.4) is 0 Å². The molecule has 136 valence electrons. The average Bonchev–Trinajstić information content (AvgIpc) is 2.50. The molecule has 1 aromatic rings. The van der Waals surface area contributed by atoms with Crippen molar-refractivity contribution in [3.8, 4) is 0 Å². The molecule has 4 nitrogen and oxygen atoms in total. The van der Waals surface area contributed by atoms with E-state index in [0.29, 0.717) is 5.69 Å². The summed E-state index contributed by atoms with van der Waals surface area (Å²) in [5, 5.41) is 0. The van der Waals surface area contributed by atoms with E-state index < -0.39 is 0 Å². The number of anilines is 1. The van der Waals surface area contributed by atoms with E-state index in [1.54, 1.807) is 0 Å². The number of aryl methyl sites for hydroxylation is 1. The van der Waals surface area contributed by atoms with Crippen molar-refractivity contribution in [2.45, 2.75) is 44.6 Å². The van der Waals surface area contributed by atoms with Crippen LogP contribution in [0, 0.1) is 6.92 Å². The molecule has 1 saturated carbocycles. The smallest absolute Gasteiger partial charge is 0.254 e.